The van der Waals surface area contributed by atoms with E-state index in [1.165, 1.54) is 0 Å². The van der Waals surface area contributed by atoms with E-state index in [9.17, 15) is 9.59 Å². The van der Waals surface area contributed by atoms with E-state index in [4.69, 9.17) is 14.4 Å². The molecule has 104 valence electrons. The summed E-state index contributed by atoms with van der Waals surface area (Å²) < 4.78 is 9.93. The van der Waals surface area contributed by atoms with Crippen molar-refractivity contribution in [1.82, 2.24) is 15.5 Å². The fraction of sp³-hybridized carbons (Fsp3) is 0.636. The monoisotopic (exact) mass is 269 g/mol. The summed E-state index contributed by atoms with van der Waals surface area (Å²) in [6.07, 6.45) is -0.330. The van der Waals surface area contributed by atoms with Gasteiger partial charge in [-0.05, 0) is 12.8 Å². The molecule has 1 aliphatic rings. The molecule has 0 spiro atoms. The Kier molecular flexibility index (Phi) is 4.10. The summed E-state index contributed by atoms with van der Waals surface area (Å²) in [6, 6.07) is 0. The van der Waals surface area contributed by atoms with Crippen LogP contribution in [0.5, 0.6) is 0 Å². The molecule has 19 heavy (non-hydrogen) atoms. The predicted molar refractivity (Wildman–Crippen MR) is 61.3 cm³/mol. The molecule has 2 heterocycles. The number of nitrogens with one attached hydrogen (secondary N) is 1. The number of aryl methyl sites for hydroxylation is 1. The fourth-order valence-electron chi connectivity index (χ4n) is 1.87. The molecule has 0 radical (unpaired) electrons. The molecule has 1 fully saturated rings. The Hall–Kier alpha value is -1.96. The molecule has 2 rings (SSSR count). The normalized spacial score (nSPS) is 22.4. The zero-order valence-electron chi connectivity index (χ0n) is 10.5. The van der Waals surface area contributed by atoms with Crippen molar-refractivity contribution >= 4 is 11.9 Å². The molecule has 8 heteroatoms. The number of carboxylic acids is 1. The van der Waals surface area contributed by atoms with E-state index in [0.717, 1.165) is 0 Å². The van der Waals surface area contributed by atoms with Crippen molar-refractivity contribution < 1.29 is 24.0 Å². The van der Waals surface area contributed by atoms with Gasteiger partial charge in [-0.15, -0.1) is 0 Å². The highest BCUT2D eigenvalue weighted by Gasteiger charge is 2.34. The van der Waals surface area contributed by atoms with Crippen LogP contribution in [-0.2, 0) is 20.7 Å². The summed E-state index contributed by atoms with van der Waals surface area (Å²) in [5, 5.41) is 15.1. The van der Waals surface area contributed by atoms with E-state index in [0.29, 0.717) is 37.5 Å². The maximum Gasteiger partial charge on any atom is 0.332 e. The highest BCUT2D eigenvalue weighted by Crippen LogP contribution is 2.19. The molecule has 0 aromatic carbocycles. The first kappa shape index (κ1) is 13.5. The smallest absolute Gasteiger partial charge is 0.332 e. The molecule has 2 N–H and O–H groups in total. The molecule has 8 nitrogen and oxygen atoms in total. The number of aromatic nitrogens is 2. The van der Waals surface area contributed by atoms with Crippen LogP contribution in [0.25, 0.3) is 0 Å². The Labute approximate surface area is 109 Å². The second-order valence-corrected chi connectivity index (χ2v) is 4.30. The molecule has 2 unspecified atom stereocenters. The number of nitrogens with zero attached hydrogens (tertiary/aromatic N) is 2. The Morgan fingerprint density at radius 1 is 1.42 bits per heavy atom. The summed E-state index contributed by atoms with van der Waals surface area (Å²) in [4.78, 5) is 26.4. The van der Waals surface area contributed by atoms with Gasteiger partial charge in [0.1, 0.15) is 6.10 Å². The molecular formula is C11H15N3O5. The summed E-state index contributed by atoms with van der Waals surface area (Å²) in [5.41, 5.74) is 0. The van der Waals surface area contributed by atoms with Crippen LogP contribution in [0, 0.1) is 6.92 Å². The molecule has 0 aliphatic carbocycles. The molecule has 1 aromatic rings. The number of rotatable bonds is 5. The largest absolute Gasteiger partial charge is 0.479 e. The standard InChI is InChI=1S/C11H15N3O5/c1-6-13-9(14-19-6)4-5-12-10(15)7-2-3-8(18-7)11(16)17/h7-8H,2-5H2,1H3,(H,12,15)(H,16,17). The number of hydrogen-bond acceptors (Lipinski definition) is 6. The lowest BCUT2D eigenvalue weighted by Gasteiger charge is -2.10. The summed E-state index contributed by atoms with van der Waals surface area (Å²) in [6.45, 7) is 2.04. The number of hydrogen-bond donors (Lipinski definition) is 2. The first-order chi connectivity index (χ1) is 9.06. The van der Waals surface area contributed by atoms with Gasteiger partial charge in [0.05, 0.1) is 0 Å². The molecule has 1 amide bonds. The molecule has 1 saturated heterocycles. The van der Waals surface area contributed by atoms with Crippen molar-refractivity contribution in [3.05, 3.63) is 11.7 Å². The van der Waals surface area contributed by atoms with Gasteiger partial charge in [0.25, 0.3) is 0 Å². The minimum Gasteiger partial charge on any atom is -0.479 e. The minimum atomic E-state index is -1.03. The van der Waals surface area contributed by atoms with Crippen LogP contribution in [-0.4, -0.2) is 45.9 Å². The maximum absolute atomic E-state index is 11.7. The number of amides is 1. The number of carbonyl (C=O) groups is 2. The lowest BCUT2D eigenvalue weighted by Crippen LogP contribution is -2.36. The number of carbonyl (C=O) groups excluding carboxylic acids is 1. The van der Waals surface area contributed by atoms with Crippen LogP contribution in [0.2, 0.25) is 0 Å². The zero-order valence-corrected chi connectivity index (χ0v) is 10.5. The second kappa shape index (κ2) is 5.79. The van der Waals surface area contributed by atoms with Gasteiger partial charge in [-0.1, -0.05) is 5.16 Å². The van der Waals surface area contributed by atoms with Gasteiger partial charge in [-0.3, -0.25) is 4.79 Å². The zero-order chi connectivity index (χ0) is 13.8. The van der Waals surface area contributed by atoms with E-state index in [2.05, 4.69) is 15.5 Å². The van der Waals surface area contributed by atoms with E-state index in [1.54, 1.807) is 6.92 Å². The van der Waals surface area contributed by atoms with Crippen LogP contribution in [0.1, 0.15) is 24.6 Å². The third kappa shape index (κ3) is 3.50. The van der Waals surface area contributed by atoms with Crippen LogP contribution in [0.4, 0.5) is 0 Å². The molecule has 0 saturated carbocycles. The summed E-state index contributed by atoms with van der Waals surface area (Å²) in [7, 11) is 0. The van der Waals surface area contributed by atoms with Gasteiger partial charge in [0.2, 0.25) is 11.8 Å². The van der Waals surface area contributed by atoms with Gasteiger partial charge < -0.3 is 19.7 Å². The first-order valence-corrected chi connectivity index (χ1v) is 6.01. The van der Waals surface area contributed by atoms with Crippen LogP contribution in [0.3, 0.4) is 0 Å². The van der Waals surface area contributed by atoms with Gasteiger partial charge in [-0.25, -0.2) is 4.79 Å². The number of aliphatic carboxylic acids is 1. The van der Waals surface area contributed by atoms with Gasteiger partial charge >= 0.3 is 5.97 Å². The first-order valence-electron chi connectivity index (χ1n) is 6.01. The highest BCUT2D eigenvalue weighted by atomic mass is 16.5. The number of carboxylic acid groups (broad SMARTS) is 1. The van der Waals surface area contributed by atoms with Crippen molar-refractivity contribution in [2.45, 2.75) is 38.4 Å². The topological polar surface area (TPSA) is 115 Å². The van der Waals surface area contributed by atoms with Gasteiger partial charge in [0, 0.05) is 19.9 Å². The Bertz CT molecular complexity index is 473. The van der Waals surface area contributed by atoms with Gasteiger partial charge in [-0.2, -0.15) is 4.98 Å². The Morgan fingerprint density at radius 2 is 2.16 bits per heavy atom. The summed E-state index contributed by atoms with van der Waals surface area (Å²) in [5.74, 6) is -0.333. The quantitative estimate of drug-likeness (QED) is 0.752. The lowest BCUT2D eigenvalue weighted by molar-refractivity contribution is -0.151. The minimum absolute atomic E-state index is 0.302. The SMILES string of the molecule is Cc1nc(CCNC(=O)C2CCC(C(=O)O)O2)no1. The molecule has 1 aromatic heterocycles. The van der Waals surface area contributed by atoms with Crippen molar-refractivity contribution in [3.63, 3.8) is 0 Å². The van der Waals surface area contributed by atoms with Crippen LogP contribution in [0.15, 0.2) is 4.52 Å². The van der Waals surface area contributed by atoms with Crippen molar-refractivity contribution in [2.24, 2.45) is 0 Å². The third-order valence-electron chi connectivity index (χ3n) is 2.80. The van der Waals surface area contributed by atoms with Gasteiger partial charge in [0.15, 0.2) is 11.9 Å². The Balaban J connectivity index is 1.72. The summed E-state index contributed by atoms with van der Waals surface area (Å²) >= 11 is 0. The van der Waals surface area contributed by atoms with Crippen LogP contribution < -0.4 is 5.32 Å². The molecule has 0 bridgehead atoms. The van der Waals surface area contributed by atoms with Crippen molar-refractivity contribution in [1.29, 1.82) is 0 Å². The Morgan fingerprint density at radius 3 is 2.74 bits per heavy atom. The highest BCUT2D eigenvalue weighted by molar-refractivity contribution is 5.82. The average molecular weight is 269 g/mol. The van der Waals surface area contributed by atoms with E-state index < -0.39 is 18.2 Å². The number of ether oxygens (including phenoxy) is 1. The fourth-order valence-corrected chi connectivity index (χ4v) is 1.87. The average Bonchev–Trinajstić information content (AvgIpc) is 2.98. The van der Waals surface area contributed by atoms with E-state index in [-0.39, 0.29) is 5.91 Å². The lowest BCUT2D eigenvalue weighted by atomic mass is 10.2. The second-order valence-electron chi connectivity index (χ2n) is 4.30. The molecular weight excluding hydrogens is 254 g/mol. The van der Waals surface area contributed by atoms with E-state index in [1.807, 2.05) is 0 Å². The maximum atomic E-state index is 11.7. The molecule has 2 atom stereocenters. The van der Waals surface area contributed by atoms with Crippen molar-refractivity contribution in [2.75, 3.05) is 6.54 Å². The third-order valence-corrected chi connectivity index (χ3v) is 2.80. The van der Waals surface area contributed by atoms with E-state index >= 15 is 0 Å². The predicted octanol–water partition coefficient (Wildman–Crippen LogP) is -0.331. The van der Waals surface area contributed by atoms with Crippen molar-refractivity contribution in [3.8, 4) is 0 Å². The molecule has 1 aliphatic heterocycles. The van der Waals surface area contributed by atoms with Crippen LogP contribution >= 0.6 is 0 Å².